The molecule has 0 saturated carbocycles. The van der Waals surface area contributed by atoms with Gasteiger partial charge in [0.2, 0.25) is 11.8 Å². The predicted molar refractivity (Wildman–Crippen MR) is 100 cm³/mol. The normalized spacial score (nSPS) is 21.3. The van der Waals surface area contributed by atoms with Crippen molar-refractivity contribution in [2.45, 2.75) is 51.1 Å². The molecule has 1 unspecified atom stereocenters. The maximum Gasteiger partial charge on any atom is 0.242 e. The van der Waals surface area contributed by atoms with Crippen molar-refractivity contribution in [2.75, 3.05) is 33.7 Å². The fraction of sp³-hybridized carbons (Fsp3) is 0.650. The second-order valence-corrected chi connectivity index (χ2v) is 7.70. The third kappa shape index (κ3) is 4.61. The van der Waals surface area contributed by atoms with Crippen molar-refractivity contribution in [3.8, 4) is 0 Å². The summed E-state index contributed by atoms with van der Waals surface area (Å²) < 4.78 is 0. The van der Waals surface area contributed by atoms with E-state index in [2.05, 4.69) is 16.0 Å². The summed E-state index contributed by atoms with van der Waals surface area (Å²) in [6.45, 7) is 2.54. The highest BCUT2D eigenvalue weighted by Crippen LogP contribution is 2.31. The molecule has 3 rings (SSSR count). The van der Waals surface area contributed by atoms with Crippen molar-refractivity contribution in [3.05, 3.63) is 29.6 Å². The molecule has 2 aliphatic rings. The Morgan fingerprint density at radius 3 is 2.77 bits per heavy atom. The minimum atomic E-state index is 0.0398. The molecule has 0 bridgehead atoms. The molecule has 1 atom stereocenters. The Hall–Kier alpha value is -1.95. The summed E-state index contributed by atoms with van der Waals surface area (Å²) in [7, 11) is 4.07. The quantitative estimate of drug-likeness (QED) is 0.810. The Labute approximate surface area is 156 Å². The molecular formula is C20H30N4O2. The number of hydrogen-bond donors (Lipinski definition) is 0. The van der Waals surface area contributed by atoms with E-state index >= 15 is 0 Å². The number of carbonyl (C=O) groups excluding carboxylic acids is 2. The Kier molecular flexibility index (Phi) is 6.25. The van der Waals surface area contributed by atoms with E-state index < -0.39 is 0 Å². The molecule has 0 radical (unpaired) electrons. The van der Waals surface area contributed by atoms with Gasteiger partial charge in [-0.3, -0.25) is 14.6 Å². The number of nitrogens with zero attached hydrogens (tertiary/aromatic N) is 4. The molecule has 3 heterocycles. The second-order valence-electron chi connectivity index (χ2n) is 7.70. The van der Waals surface area contributed by atoms with Gasteiger partial charge in [0.05, 0.1) is 18.3 Å². The van der Waals surface area contributed by atoms with Crippen molar-refractivity contribution in [3.63, 3.8) is 0 Å². The van der Waals surface area contributed by atoms with Crippen LogP contribution in [0.25, 0.3) is 0 Å². The van der Waals surface area contributed by atoms with Gasteiger partial charge in [0.25, 0.3) is 0 Å². The molecule has 2 saturated heterocycles. The molecule has 6 heteroatoms. The third-order valence-electron chi connectivity index (χ3n) is 5.26. The molecule has 142 valence electrons. The van der Waals surface area contributed by atoms with Crippen LogP contribution >= 0.6 is 0 Å². The van der Waals surface area contributed by atoms with Crippen LogP contribution in [0.4, 0.5) is 0 Å². The summed E-state index contributed by atoms with van der Waals surface area (Å²) >= 11 is 0. The van der Waals surface area contributed by atoms with E-state index in [4.69, 9.17) is 0 Å². The van der Waals surface area contributed by atoms with Gasteiger partial charge in [0.1, 0.15) is 0 Å². The van der Waals surface area contributed by atoms with E-state index in [1.807, 2.05) is 31.3 Å². The molecule has 0 spiro atoms. The number of hydrogen-bond acceptors (Lipinski definition) is 4. The summed E-state index contributed by atoms with van der Waals surface area (Å²) in [5, 5.41) is 0. The average Bonchev–Trinajstić information content (AvgIpc) is 3.01. The maximum absolute atomic E-state index is 12.9. The van der Waals surface area contributed by atoms with Crippen molar-refractivity contribution in [1.82, 2.24) is 19.7 Å². The average molecular weight is 358 g/mol. The second kappa shape index (κ2) is 8.62. The summed E-state index contributed by atoms with van der Waals surface area (Å²) in [5.74, 6) is 0.180. The summed E-state index contributed by atoms with van der Waals surface area (Å²) in [4.78, 5) is 35.5. The smallest absolute Gasteiger partial charge is 0.242 e. The monoisotopic (exact) mass is 358 g/mol. The van der Waals surface area contributed by atoms with E-state index in [1.54, 1.807) is 4.90 Å². The zero-order valence-corrected chi connectivity index (χ0v) is 16.0. The van der Waals surface area contributed by atoms with Gasteiger partial charge in [0, 0.05) is 32.3 Å². The molecule has 0 aromatic carbocycles. The van der Waals surface area contributed by atoms with E-state index in [-0.39, 0.29) is 24.4 Å². The lowest BCUT2D eigenvalue weighted by atomic mass is 10.1. The summed E-state index contributed by atoms with van der Waals surface area (Å²) in [5.41, 5.74) is 2.13. The first-order valence-electron chi connectivity index (χ1n) is 9.71. The Bertz CT molecular complexity index is 629. The first-order chi connectivity index (χ1) is 12.5. The minimum absolute atomic E-state index is 0.0398. The lowest BCUT2D eigenvalue weighted by Gasteiger charge is -2.28. The molecular weight excluding hydrogens is 328 g/mol. The van der Waals surface area contributed by atoms with Crippen LogP contribution in [0.2, 0.25) is 0 Å². The zero-order chi connectivity index (χ0) is 18.5. The number of likely N-dealkylation sites (tertiary alicyclic amines) is 2. The van der Waals surface area contributed by atoms with E-state index in [1.165, 1.54) is 5.56 Å². The van der Waals surface area contributed by atoms with Gasteiger partial charge in [0.15, 0.2) is 0 Å². The van der Waals surface area contributed by atoms with Crippen molar-refractivity contribution >= 4 is 11.8 Å². The fourth-order valence-corrected chi connectivity index (χ4v) is 3.92. The highest BCUT2D eigenvalue weighted by atomic mass is 16.2. The lowest BCUT2D eigenvalue weighted by Crippen LogP contribution is -2.42. The molecule has 2 fully saturated rings. The number of pyridine rings is 1. The SMILES string of the molecule is CN(C)Cc1ccc(C2CCCN2C(=O)CN2CCCCCC2=O)nc1. The standard InChI is InChI=1S/C20H30N4O2/c1-22(2)14-16-9-10-17(21-13-16)18-7-6-12-24(18)20(26)15-23-11-5-3-4-8-19(23)25/h9-10,13,18H,3-8,11-12,14-15H2,1-2H3. The first-order valence-corrected chi connectivity index (χ1v) is 9.71. The van der Waals surface area contributed by atoms with Crippen LogP contribution in [0.5, 0.6) is 0 Å². The van der Waals surface area contributed by atoms with Crippen LogP contribution in [0.15, 0.2) is 18.3 Å². The molecule has 2 aliphatic heterocycles. The maximum atomic E-state index is 12.9. The van der Waals surface area contributed by atoms with Crippen LogP contribution < -0.4 is 0 Å². The van der Waals surface area contributed by atoms with Crippen LogP contribution in [-0.4, -0.2) is 65.2 Å². The van der Waals surface area contributed by atoms with Gasteiger partial charge < -0.3 is 14.7 Å². The molecule has 6 nitrogen and oxygen atoms in total. The highest BCUT2D eigenvalue weighted by Gasteiger charge is 2.32. The zero-order valence-electron chi connectivity index (χ0n) is 16.0. The van der Waals surface area contributed by atoms with E-state index in [0.717, 1.165) is 50.9 Å². The molecule has 1 aromatic heterocycles. The van der Waals surface area contributed by atoms with Gasteiger partial charge in [-0.2, -0.15) is 0 Å². The topological polar surface area (TPSA) is 56.8 Å². The molecule has 1 aromatic rings. The fourth-order valence-electron chi connectivity index (χ4n) is 3.92. The Morgan fingerprint density at radius 1 is 1.19 bits per heavy atom. The minimum Gasteiger partial charge on any atom is -0.333 e. The number of carbonyl (C=O) groups is 2. The highest BCUT2D eigenvalue weighted by molar-refractivity contribution is 5.85. The van der Waals surface area contributed by atoms with Crippen LogP contribution in [-0.2, 0) is 16.1 Å². The number of aromatic nitrogens is 1. The predicted octanol–water partition coefficient (Wildman–Crippen LogP) is 2.21. The van der Waals surface area contributed by atoms with Crippen LogP contribution in [0.3, 0.4) is 0 Å². The molecule has 0 N–H and O–H groups in total. The van der Waals surface area contributed by atoms with Gasteiger partial charge in [-0.1, -0.05) is 12.5 Å². The van der Waals surface area contributed by atoms with Crippen molar-refractivity contribution < 1.29 is 9.59 Å². The summed E-state index contributed by atoms with van der Waals surface area (Å²) in [6, 6.07) is 4.19. The van der Waals surface area contributed by atoms with Gasteiger partial charge in [-0.05, 0) is 51.4 Å². The van der Waals surface area contributed by atoms with Crippen LogP contribution in [0, 0.1) is 0 Å². The van der Waals surface area contributed by atoms with Crippen molar-refractivity contribution in [1.29, 1.82) is 0 Å². The first kappa shape index (κ1) is 18.8. The van der Waals surface area contributed by atoms with E-state index in [9.17, 15) is 9.59 Å². The Morgan fingerprint density at radius 2 is 2.04 bits per heavy atom. The van der Waals surface area contributed by atoms with Gasteiger partial charge >= 0.3 is 0 Å². The third-order valence-corrected chi connectivity index (χ3v) is 5.26. The lowest BCUT2D eigenvalue weighted by molar-refractivity contribution is -0.140. The molecule has 0 aliphatic carbocycles. The number of amides is 2. The molecule has 2 amide bonds. The Balaban J connectivity index is 1.65. The van der Waals surface area contributed by atoms with Gasteiger partial charge in [-0.15, -0.1) is 0 Å². The van der Waals surface area contributed by atoms with Gasteiger partial charge in [-0.25, -0.2) is 0 Å². The summed E-state index contributed by atoms with van der Waals surface area (Å²) in [6.07, 6.45) is 7.44. The number of rotatable bonds is 5. The van der Waals surface area contributed by atoms with Crippen molar-refractivity contribution in [2.24, 2.45) is 0 Å². The largest absolute Gasteiger partial charge is 0.333 e. The molecule has 26 heavy (non-hydrogen) atoms. The van der Waals surface area contributed by atoms with Crippen LogP contribution in [0.1, 0.15) is 55.8 Å². The van der Waals surface area contributed by atoms with E-state index in [0.29, 0.717) is 13.0 Å².